The Morgan fingerprint density at radius 2 is 1.72 bits per heavy atom. The van der Waals surface area contributed by atoms with Crippen LogP contribution in [0.4, 0.5) is 4.79 Å². The highest BCUT2D eigenvalue weighted by molar-refractivity contribution is 5.75. The van der Waals surface area contributed by atoms with Crippen LogP contribution in [0.5, 0.6) is 5.75 Å². The van der Waals surface area contributed by atoms with Crippen LogP contribution in [-0.4, -0.2) is 36.4 Å². The van der Waals surface area contributed by atoms with Gasteiger partial charge in [0.05, 0.1) is 6.61 Å². The summed E-state index contributed by atoms with van der Waals surface area (Å²) in [6, 6.07) is 7.95. The van der Waals surface area contributed by atoms with Crippen molar-refractivity contribution in [3.63, 3.8) is 0 Å². The molecule has 0 saturated heterocycles. The average Bonchev–Trinajstić information content (AvgIpc) is 2.64. The van der Waals surface area contributed by atoms with Gasteiger partial charge in [0.15, 0.2) is 6.10 Å². The van der Waals surface area contributed by atoms with Crippen molar-refractivity contribution in [1.29, 1.82) is 0 Å². The molecule has 180 valence electrons. The number of nitrogens with one attached hydrogen (secondary N) is 1. The molecule has 0 heterocycles. The number of hydrogen-bond acceptors (Lipinski definition) is 5. The summed E-state index contributed by atoms with van der Waals surface area (Å²) in [5.74, 6) is 0.738. The van der Waals surface area contributed by atoms with Gasteiger partial charge in [-0.05, 0) is 77.0 Å². The van der Waals surface area contributed by atoms with Crippen LogP contribution in [0.1, 0.15) is 86.1 Å². The first-order valence-electron chi connectivity index (χ1n) is 11.9. The molecule has 1 aliphatic carbocycles. The van der Waals surface area contributed by atoms with Crippen molar-refractivity contribution in [3.05, 3.63) is 29.8 Å². The van der Waals surface area contributed by atoms with Gasteiger partial charge in [-0.2, -0.15) is 0 Å². The largest absolute Gasteiger partial charge is 0.479 e. The Labute approximate surface area is 193 Å². The molecule has 6 nitrogen and oxygen atoms in total. The Morgan fingerprint density at radius 1 is 1.09 bits per heavy atom. The first kappa shape index (κ1) is 26.0. The fourth-order valence-electron chi connectivity index (χ4n) is 4.30. The number of amides is 1. The van der Waals surface area contributed by atoms with Crippen LogP contribution in [0.2, 0.25) is 0 Å². The molecule has 0 radical (unpaired) electrons. The normalized spacial score (nSPS) is 17.1. The van der Waals surface area contributed by atoms with Gasteiger partial charge >= 0.3 is 12.1 Å². The third-order valence-corrected chi connectivity index (χ3v) is 5.94. The number of esters is 1. The molecule has 6 heteroatoms. The Balaban J connectivity index is 2.21. The zero-order valence-electron chi connectivity index (χ0n) is 20.8. The van der Waals surface area contributed by atoms with Gasteiger partial charge in [0.1, 0.15) is 11.4 Å². The third kappa shape index (κ3) is 6.88. The fraction of sp³-hybridized carbons (Fsp3) is 0.692. The molecule has 0 aliphatic heterocycles. The number of alkyl carbamates (subject to hydrolysis) is 1. The van der Waals surface area contributed by atoms with E-state index < -0.39 is 11.7 Å². The van der Waals surface area contributed by atoms with Crippen molar-refractivity contribution in [2.45, 2.75) is 104 Å². The maximum absolute atomic E-state index is 12.6. The predicted molar refractivity (Wildman–Crippen MR) is 126 cm³/mol. The predicted octanol–water partition coefficient (Wildman–Crippen LogP) is 5.77. The van der Waals surface area contributed by atoms with Gasteiger partial charge in [0.2, 0.25) is 0 Å². The number of rotatable bonds is 10. The molecule has 1 amide bonds. The highest BCUT2D eigenvalue weighted by Crippen LogP contribution is 2.48. The second kappa shape index (κ2) is 11.1. The van der Waals surface area contributed by atoms with Crippen LogP contribution in [0.3, 0.4) is 0 Å². The molecule has 2 atom stereocenters. The standard InChI is InChI=1S/C26H41NO5/c1-8-21(23(28)30-9-2)31-20-13-11-19(12-14-20)26(15-10-16-26)22(17-18(3)4)27-24(29)32-25(5,6)7/h11-14,18,21-22H,8-10,15-17H2,1-7H3,(H,27,29). The molecule has 1 aromatic carbocycles. The van der Waals surface area contributed by atoms with Gasteiger partial charge in [-0.25, -0.2) is 9.59 Å². The molecule has 1 fully saturated rings. The summed E-state index contributed by atoms with van der Waals surface area (Å²) in [6.45, 7) is 14.0. The minimum Gasteiger partial charge on any atom is -0.479 e. The van der Waals surface area contributed by atoms with E-state index in [4.69, 9.17) is 14.2 Å². The van der Waals surface area contributed by atoms with E-state index in [1.807, 2.05) is 39.8 Å². The van der Waals surface area contributed by atoms with Crippen LogP contribution in [0, 0.1) is 5.92 Å². The SMILES string of the molecule is CCOC(=O)C(CC)Oc1ccc(C2(C(CC(C)C)NC(=O)OC(C)(C)C)CCC2)cc1. The van der Waals surface area contributed by atoms with E-state index in [-0.39, 0.29) is 23.5 Å². The van der Waals surface area contributed by atoms with Crippen LogP contribution in [0.25, 0.3) is 0 Å². The highest BCUT2D eigenvalue weighted by Gasteiger charge is 2.46. The van der Waals surface area contributed by atoms with Crippen molar-refractivity contribution in [3.8, 4) is 5.75 Å². The van der Waals surface area contributed by atoms with Crippen LogP contribution in [0.15, 0.2) is 24.3 Å². The van der Waals surface area contributed by atoms with E-state index in [9.17, 15) is 9.59 Å². The summed E-state index contributed by atoms with van der Waals surface area (Å²) in [5, 5.41) is 3.18. The number of benzene rings is 1. The molecule has 32 heavy (non-hydrogen) atoms. The monoisotopic (exact) mass is 447 g/mol. The lowest BCUT2D eigenvalue weighted by Gasteiger charge is -2.49. The highest BCUT2D eigenvalue weighted by atomic mass is 16.6. The molecule has 1 aliphatic rings. The van der Waals surface area contributed by atoms with Crippen LogP contribution < -0.4 is 10.1 Å². The maximum Gasteiger partial charge on any atom is 0.407 e. The summed E-state index contributed by atoms with van der Waals surface area (Å²) in [6.07, 6.45) is 3.60. The quantitative estimate of drug-likeness (QED) is 0.461. The first-order chi connectivity index (χ1) is 15.0. The van der Waals surface area contributed by atoms with Crippen molar-refractivity contribution in [2.75, 3.05) is 6.61 Å². The van der Waals surface area contributed by atoms with E-state index in [1.54, 1.807) is 6.92 Å². The Hall–Kier alpha value is -2.24. The lowest BCUT2D eigenvalue weighted by Crippen LogP contribution is -2.55. The van der Waals surface area contributed by atoms with Crippen molar-refractivity contribution in [2.24, 2.45) is 5.92 Å². The lowest BCUT2D eigenvalue weighted by atomic mass is 9.59. The second-order valence-electron chi connectivity index (χ2n) is 10.1. The second-order valence-corrected chi connectivity index (χ2v) is 10.1. The van der Waals surface area contributed by atoms with Crippen molar-refractivity contribution >= 4 is 12.1 Å². The van der Waals surface area contributed by atoms with Gasteiger partial charge < -0.3 is 19.5 Å². The number of carbonyl (C=O) groups excluding carboxylic acids is 2. The van der Waals surface area contributed by atoms with Gasteiger partial charge in [-0.15, -0.1) is 0 Å². The summed E-state index contributed by atoms with van der Waals surface area (Å²) in [5.41, 5.74) is 0.528. The van der Waals surface area contributed by atoms with Gasteiger partial charge in [0, 0.05) is 11.5 Å². The Kier molecular flexibility index (Phi) is 8.99. The number of hydrogen-bond donors (Lipinski definition) is 1. The topological polar surface area (TPSA) is 73.9 Å². The summed E-state index contributed by atoms with van der Waals surface area (Å²) >= 11 is 0. The number of carbonyl (C=O) groups is 2. The molecule has 0 bridgehead atoms. The smallest absolute Gasteiger partial charge is 0.407 e. The molecule has 1 aromatic rings. The van der Waals surface area contributed by atoms with Gasteiger partial charge in [-0.3, -0.25) is 0 Å². The van der Waals surface area contributed by atoms with Gasteiger partial charge in [0.25, 0.3) is 0 Å². The van der Waals surface area contributed by atoms with E-state index in [0.29, 0.717) is 24.7 Å². The van der Waals surface area contributed by atoms with Crippen LogP contribution >= 0.6 is 0 Å². The number of ether oxygens (including phenoxy) is 3. The molecule has 1 N–H and O–H groups in total. The minimum absolute atomic E-state index is 0.0132. The van der Waals surface area contributed by atoms with Crippen molar-refractivity contribution in [1.82, 2.24) is 5.32 Å². The summed E-state index contributed by atoms with van der Waals surface area (Å²) in [7, 11) is 0. The third-order valence-electron chi connectivity index (χ3n) is 5.94. The zero-order valence-corrected chi connectivity index (χ0v) is 20.8. The Morgan fingerprint density at radius 3 is 2.16 bits per heavy atom. The minimum atomic E-state index is -0.610. The van der Waals surface area contributed by atoms with E-state index >= 15 is 0 Å². The molecular formula is C26H41NO5. The Bertz CT molecular complexity index is 746. The first-order valence-corrected chi connectivity index (χ1v) is 11.9. The van der Waals surface area contributed by atoms with E-state index in [1.165, 1.54) is 5.56 Å². The molecule has 0 spiro atoms. The van der Waals surface area contributed by atoms with E-state index in [2.05, 4.69) is 31.3 Å². The molecule has 1 saturated carbocycles. The zero-order chi connectivity index (χ0) is 23.9. The summed E-state index contributed by atoms with van der Waals surface area (Å²) in [4.78, 5) is 24.7. The van der Waals surface area contributed by atoms with Gasteiger partial charge in [-0.1, -0.05) is 39.3 Å². The molecular weight excluding hydrogens is 406 g/mol. The lowest BCUT2D eigenvalue weighted by molar-refractivity contribution is -0.151. The summed E-state index contributed by atoms with van der Waals surface area (Å²) < 4.78 is 16.5. The van der Waals surface area contributed by atoms with Crippen molar-refractivity contribution < 1.29 is 23.8 Å². The fourth-order valence-corrected chi connectivity index (χ4v) is 4.30. The van der Waals surface area contributed by atoms with Crippen LogP contribution in [-0.2, 0) is 19.7 Å². The van der Waals surface area contributed by atoms with E-state index in [0.717, 1.165) is 25.7 Å². The molecule has 0 aromatic heterocycles. The molecule has 2 rings (SSSR count). The maximum atomic E-state index is 12.6. The average molecular weight is 448 g/mol. The molecule has 2 unspecified atom stereocenters.